The van der Waals surface area contributed by atoms with Crippen LogP contribution in [0.25, 0.3) is 0 Å². The van der Waals surface area contributed by atoms with E-state index in [-0.39, 0.29) is 39.3 Å². The van der Waals surface area contributed by atoms with Crippen molar-refractivity contribution < 1.29 is 24.7 Å². The SMILES string of the molecule is CC(C)(C)CC(C)(C)c1ccc(OCC(=O)N/N=C\c2ccc(O)cc2O)c([N+](=O)[O-])c1. The van der Waals surface area contributed by atoms with Crippen molar-refractivity contribution in [2.24, 2.45) is 10.5 Å². The second-order valence-electron chi connectivity index (χ2n) is 9.39. The second kappa shape index (κ2) is 9.67. The van der Waals surface area contributed by atoms with Crippen LogP contribution in [0.1, 0.15) is 52.2 Å². The normalized spacial score (nSPS) is 12.0. The largest absolute Gasteiger partial charge is 0.508 e. The highest BCUT2D eigenvalue weighted by Crippen LogP contribution is 2.39. The number of amides is 1. The van der Waals surface area contributed by atoms with Crippen LogP contribution in [0.5, 0.6) is 17.2 Å². The number of carbonyl (C=O) groups excluding carboxylic acids is 1. The van der Waals surface area contributed by atoms with Crippen LogP contribution in [0.15, 0.2) is 41.5 Å². The monoisotopic (exact) mass is 443 g/mol. The highest BCUT2D eigenvalue weighted by atomic mass is 16.6. The van der Waals surface area contributed by atoms with Crippen LogP contribution in [-0.4, -0.2) is 33.9 Å². The Labute approximate surface area is 186 Å². The van der Waals surface area contributed by atoms with E-state index in [0.717, 1.165) is 18.1 Å². The molecule has 0 aliphatic heterocycles. The van der Waals surface area contributed by atoms with Crippen LogP contribution in [0.4, 0.5) is 5.69 Å². The van der Waals surface area contributed by atoms with Gasteiger partial charge in [0.05, 0.1) is 11.1 Å². The van der Waals surface area contributed by atoms with E-state index >= 15 is 0 Å². The fourth-order valence-electron chi connectivity index (χ4n) is 3.62. The van der Waals surface area contributed by atoms with Crippen molar-refractivity contribution in [3.63, 3.8) is 0 Å². The van der Waals surface area contributed by atoms with E-state index in [2.05, 4.69) is 31.3 Å². The average molecular weight is 444 g/mol. The van der Waals surface area contributed by atoms with Crippen LogP contribution in [0, 0.1) is 15.5 Å². The zero-order chi connectivity index (χ0) is 24.1. The van der Waals surface area contributed by atoms with Crippen molar-refractivity contribution in [2.75, 3.05) is 6.61 Å². The number of hydrogen-bond acceptors (Lipinski definition) is 7. The van der Waals surface area contributed by atoms with Gasteiger partial charge >= 0.3 is 5.69 Å². The Kier molecular flexibility index (Phi) is 7.45. The fraction of sp³-hybridized carbons (Fsp3) is 0.391. The summed E-state index contributed by atoms with van der Waals surface area (Å²) in [7, 11) is 0. The molecule has 0 fully saturated rings. The third-order valence-corrected chi connectivity index (χ3v) is 4.68. The summed E-state index contributed by atoms with van der Waals surface area (Å²) in [4.78, 5) is 23.0. The van der Waals surface area contributed by atoms with Crippen molar-refractivity contribution in [3.8, 4) is 17.2 Å². The first-order valence-electron chi connectivity index (χ1n) is 10.0. The molecule has 2 aromatic carbocycles. The lowest BCUT2D eigenvalue weighted by Gasteiger charge is -2.33. The van der Waals surface area contributed by atoms with Crippen molar-refractivity contribution in [2.45, 2.75) is 46.5 Å². The third-order valence-electron chi connectivity index (χ3n) is 4.68. The summed E-state index contributed by atoms with van der Waals surface area (Å²) >= 11 is 0. The van der Waals surface area contributed by atoms with E-state index in [1.165, 1.54) is 30.5 Å². The molecular formula is C23H29N3O6. The number of nitro groups is 1. The van der Waals surface area contributed by atoms with Crippen molar-refractivity contribution in [1.29, 1.82) is 0 Å². The first-order chi connectivity index (χ1) is 14.8. The van der Waals surface area contributed by atoms with Gasteiger partial charge in [-0.05, 0) is 41.0 Å². The lowest BCUT2D eigenvalue weighted by Crippen LogP contribution is -2.26. The topological polar surface area (TPSA) is 134 Å². The maximum Gasteiger partial charge on any atom is 0.311 e. The molecule has 0 atom stereocenters. The zero-order valence-corrected chi connectivity index (χ0v) is 18.9. The van der Waals surface area contributed by atoms with Gasteiger partial charge in [0, 0.05) is 17.7 Å². The van der Waals surface area contributed by atoms with Gasteiger partial charge in [-0.15, -0.1) is 0 Å². The molecule has 0 unspecified atom stereocenters. The van der Waals surface area contributed by atoms with Gasteiger partial charge in [-0.3, -0.25) is 14.9 Å². The molecule has 0 radical (unpaired) electrons. The molecule has 9 nitrogen and oxygen atoms in total. The van der Waals surface area contributed by atoms with Crippen molar-refractivity contribution in [3.05, 3.63) is 57.6 Å². The van der Waals surface area contributed by atoms with Gasteiger partial charge in [-0.2, -0.15) is 5.10 Å². The molecule has 0 saturated carbocycles. The summed E-state index contributed by atoms with van der Waals surface area (Å²) < 4.78 is 5.36. The molecule has 0 saturated heterocycles. The Balaban J connectivity index is 2.06. The minimum Gasteiger partial charge on any atom is -0.508 e. The number of phenols is 2. The maximum absolute atomic E-state index is 12.0. The standard InChI is InChI=1S/C23H29N3O6/c1-22(2,3)14-23(4,5)16-7-9-20(18(10-16)26(30)31)32-13-21(29)25-24-12-15-6-8-17(27)11-19(15)28/h6-12,27-28H,13-14H2,1-5H3,(H,25,29)/b24-12-. The van der Waals surface area contributed by atoms with Gasteiger partial charge in [-0.1, -0.05) is 40.7 Å². The smallest absolute Gasteiger partial charge is 0.311 e. The lowest BCUT2D eigenvalue weighted by atomic mass is 9.72. The maximum atomic E-state index is 12.0. The quantitative estimate of drug-likeness (QED) is 0.317. The van der Waals surface area contributed by atoms with Crippen LogP contribution in [0.2, 0.25) is 0 Å². The van der Waals surface area contributed by atoms with Crippen LogP contribution < -0.4 is 10.2 Å². The molecule has 0 heterocycles. The molecule has 9 heteroatoms. The van der Waals surface area contributed by atoms with Crippen LogP contribution in [0.3, 0.4) is 0 Å². The summed E-state index contributed by atoms with van der Waals surface area (Å²) in [5.74, 6) is -0.956. The molecule has 2 aromatic rings. The second-order valence-corrected chi connectivity index (χ2v) is 9.39. The molecule has 0 aliphatic rings. The highest BCUT2D eigenvalue weighted by Gasteiger charge is 2.29. The number of hydrazone groups is 1. The molecule has 0 aliphatic carbocycles. The number of carbonyl (C=O) groups is 1. The number of rotatable bonds is 8. The van der Waals surface area contributed by atoms with Gasteiger partial charge in [0.15, 0.2) is 12.4 Å². The minimum absolute atomic E-state index is 0.0133. The molecule has 0 spiro atoms. The number of nitrogens with one attached hydrogen (secondary N) is 1. The van der Waals surface area contributed by atoms with Crippen LogP contribution >= 0.6 is 0 Å². The molecule has 32 heavy (non-hydrogen) atoms. The van der Waals surface area contributed by atoms with E-state index in [1.807, 2.05) is 13.8 Å². The number of aromatic hydroxyl groups is 2. The summed E-state index contributed by atoms with van der Waals surface area (Å²) in [6.07, 6.45) is 2.02. The Bertz CT molecular complexity index is 1020. The summed E-state index contributed by atoms with van der Waals surface area (Å²) in [6, 6.07) is 8.68. The molecule has 2 rings (SSSR count). The molecular weight excluding hydrogens is 414 g/mol. The first-order valence-corrected chi connectivity index (χ1v) is 10.0. The zero-order valence-electron chi connectivity index (χ0n) is 18.9. The van der Waals surface area contributed by atoms with Crippen molar-refractivity contribution in [1.82, 2.24) is 5.43 Å². The highest BCUT2D eigenvalue weighted by molar-refractivity contribution is 5.85. The van der Waals surface area contributed by atoms with Gasteiger partial charge in [0.2, 0.25) is 0 Å². The summed E-state index contributed by atoms with van der Waals surface area (Å²) in [6.45, 7) is 9.94. The van der Waals surface area contributed by atoms with E-state index in [9.17, 15) is 25.1 Å². The number of nitrogens with zero attached hydrogens (tertiary/aromatic N) is 2. The van der Waals surface area contributed by atoms with Crippen LogP contribution in [-0.2, 0) is 10.2 Å². The first kappa shape index (κ1) is 24.6. The Hall–Kier alpha value is -3.62. The third kappa shape index (κ3) is 6.97. The Morgan fingerprint density at radius 1 is 1.16 bits per heavy atom. The summed E-state index contributed by atoms with van der Waals surface area (Å²) in [5, 5.41) is 34.2. The summed E-state index contributed by atoms with van der Waals surface area (Å²) in [5.41, 5.74) is 2.86. The molecule has 3 N–H and O–H groups in total. The predicted octanol–water partition coefficient (Wildman–Crippen LogP) is 4.25. The number of nitro benzene ring substituents is 1. The lowest BCUT2D eigenvalue weighted by molar-refractivity contribution is -0.385. The Morgan fingerprint density at radius 2 is 1.84 bits per heavy atom. The van der Waals surface area contributed by atoms with E-state index < -0.39 is 17.4 Å². The molecule has 172 valence electrons. The number of hydrogen-bond donors (Lipinski definition) is 3. The van der Waals surface area contributed by atoms with E-state index in [4.69, 9.17) is 4.74 Å². The van der Waals surface area contributed by atoms with Gasteiger partial charge in [0.25, 0.3) is 5.91 Å². The number of benzene rings is 2. The van der Waals surface area contributed by atoms with E-state index in [1.54, 1.807) is 6.07 Å². The van der Waals surface area contributed by atoms with Gasteiger partial charge in [0.1, 0.15) is 11.5 Å². The van der Waals surface area contributed by atoms with E-state index in [0.29, 0.717) is 0 Å². The molecule has 0 aromatic heterocycles. The number of ether oxygens (including phenoxy) is 1. The predicted molar refractivity (Wildman–Crippen MR) is 121 cm³/mol. The minimum atomic E-state index is -0.633. The number of phenolic OH excluding ortho intramolecular Hbond substituents is 2. The molecule has 1 amide bonds. The molecule has 0 bridgehead atoms. The fourth-order valence-corrected chi connectivity index (χ4v) is 3.62. The van der Waals surface area contributed by atoms with Gasteiger partial charge in [-0.25, -0.2) is 5.43 Å². The van der Waals surface area contributed by atoms with Crippen molar-refractivity contribution >= 4 is 17.8 Å². The van der Waals surface area contributed by atoms with Gasteiger partial charge < -0.3 is 14.9 Å². The average Bonchev–Trinajstić information content (AvgIpc) is 2.66. The Morgan fingerprint density at radius 3 is 2.44 bits per heavy atom.